The van der Waals surface area contributed by atoms with Gasteiger partial charge in [0.1, 0.15) is 11.4 Å². The average molecular weight is 618 g/mol. The molecule has 1 saturated heterocycles. The van der Waals surface area contributed by atoms with Gasteiger partial charge in [0.05, 0.1) is 12.5 Å². The Morgan fingerprint density at radius 1 is 1.11 bits per heavy atom. The maximum atomic E-state index is 14.2. The number of ether oxygens (including phenoxy) is 3. The van der Waals surface area contributed by atoms with E-state index < -0.39 is 23.5 Å². The molecule has 1 saturated carbocycles. The fourth-order valence-corrected chi connectivity index (χ4v) is 5.88. The number of aliphatic hydroxyl groups excluding tert-OH is 1. The number of amides is 2. The zero-order valence-corrected chi connectivity index (χ0v) is 28.0. The number of aliphatic hydroxyl groups is 1. The molecule has 0 radical (unpaired) electrons. The molecule has 3 rings (SSSR count). The maximum absolute atomic E-state index is 14.2. The first-order chi connectivity index (χ1) is 20.8. The molecule has 1 aliphatic heterocycles. The molecule has 3 atom stereocenters. The molecular formula is C34H55N3O7. The molecule has 1 aromatic rings. The second-order valence-corrected chi connectivity index (χ2v) is 13.9. The second-order valence-electron chi connectivity index (χ2n) is 13.9. The number of hydrogen-bond acceptors (Lipinski definition) is 8. The van der Waals surface area contributed by atoms with E-state index in [0.29, 0.717) is 38.0 Å². The molecule has 0 spiro atoms. The number of aryl methyl sites for hydroxylation is 1. The minimum absolute atomic E-state index is 0.00860. The van der Waals surface area contributed by atoms with Crippen LogP contribution in [0.5, 0.6) is 5.88 Å². The Hall–Kier alpha value is -2.72. The number of aromatic nitrogens is 1. The van der Waals surface area contributed by atoms with Crippen LogP contribution in [0.3, 0.4) is 0 Å². The minimum Gasteiger partial charge on any atom is -0.478 e. The van der Waals surface area contributed by atoms with Crippen LogP contribution in [0.25, 0.3) is 0 Å². The monoisotopic (exact) mass is 617 g/mol. The van der Waals surface area contributed by atoms with Crippen LogP contribution in [0.4, 0.5) is 4.79 Å². The largest absolute Gasteiger partial charge is 0.478 e. The SMILES string of the molecule is CCc1cc(CN(C(=O)[C@@H]2C[C@H](C(=O)CC(CO)CC(C)C)CN(C(=O)OC(C)(C)C)C2)C2CC2)cc(OCCCOC)n1. The topological polar surface area (TPSA) is 119 Å². The third-order valence-corrected chi connectivity index (χ3v) is 8.10. The molecule has 1 aromatic heterocycles. The molecule has 2 amide bonds. The van der Waals surface area contributed by atoms with Crippen molar-refractivity contribution in [2.24, 2.45) is 23.7 Å². The highest BCUT2D eigenvalue weighted by atomic mass is 16.6. The fraction of sp³-hybridized carbons (Fsp3) is 0.765. The number of rotatable bonds is 16. The van der Waals surface area contributed by atoms with E-state index in [1.54, 1.807) is 7.11 Å². The Kier molecular flexibility index (Phi) is 13.4. The summed E-state index contributed by atoms with van der Waals surface area (Å²) < 4.78 is 16.7. The lowest BCUT2D eigenvalue weighted by Gasteiger charge is -2.39. The van der Waals surface area contributed by atoms with E-state index in [9.17, 15) is 19.5 Å². The van der Waals surface area contributed by atoms with E-state index >= 15 is 0 Å². The summed E-state index contributed by atoms with van der Waals surface area (Å²) in [4.78, 5) is 49.1. The molecule has 1 unspecified atom stereocenters. The summed E-state index contributed by atoms with van der Waals surface area (Å²) in [6.07, 6.45) is 4.19. The summed E-state index contributed by atoms with van der Waals surface area (Å²) in [7, 11) is 1.66. The highest BCUT2D eigenvalue weighted by Crippen LogP contribution is 2.34. The van der Waals surface area contributed by atoms with Gasteiger partial charge in [-0.1, -0.05) is 20.8 Å². The summed E-state index contributed by atoms with van der Waals surface area (Å²) in [6, 6.07) is 4.05. The van der Waals surface area contributed by atoms with Crippen LogP contribution in [-0.2, 0) is 32.0 Å². The summed E-state index contributed by atoms with van der Waals surface area (Å²) >= 11 is 0. The third-order valence-electron chi connectivity index (χ3n) is 8.10. The van der Waals surface area contributed by atoms with Gasteiger partial charge in [0, 0.05) is 76.5 Å². The van der Waals surface area contributed by atoms with Crippen LogP contribution in [0.2, 0.25) is 0 Å². The van der Waals surface area contributed by atoms with Gasteiger partial charge in [0.2, 0.25) is 11.8 Å². The molecule has 2 aliphatic rings. The molecule has 44 heavy (non-hydrogen) atoms. The number of carbonyl (C=O) groups is 3. The first-order valence-electron chi connectivity index (χ1n) is 16.4. The third kappa shape index (κ3) is 11.3. The number of Topliss-reactive ketones (excluding diaryl/α,β-unsaturated/α-hetero) is 1. The van der Waals surface area contributed by atoms with Gasteiger partial charge >= 0.3 is 6.09 Å². The van der Waals surface area contributed by atoms with E-state index in [0.717, 1.165) is 43.4 Å². The number of likely N-dealkylation sites (tertiary alicyclic amines) is 1. The van der Waals surface area contributed by atoms with Gasteiger partial charge in [-0.3, -0.25) is 9.59 Å². The lowest BCUT2D eigenvalue weighted by atomic mass is 9.81. The van der Waals surface area contributed by atoms with E-state index in [4.69, 9.17) is 14.2 Å². The molecule has 10 nitrogen and oxygen atoms in total. The molecule has 0 aromatic carbocycles. The number of ketones is 1. The van der Waals surface area contributed by atoms with Crippen molar-refractivity contribution < 1.29 is 33.7 Å². The minimum atomic E-state index is -0.700. The first-order valence-corrected chi connectivity index (χ1v) is 16.4. The highest BCUT2D eigenvalue weighted by molar-refractivity contribution is 5.85. The Balaban J connectivity index is 1.82. The molecular weight excluding hydrogens is 562 g/mol. The number of piperidine rings is 1. The van der Waals surface area contributed by atoms with Crippen molar-refractivity contribution in [2.45, 2.75) is 105 Å². The van der Waals surface area contributed by atoms with Gasteiger partial charge in [0.25, 0.3) is 0 Å². The zero-order chi connectivity index (χ0) is 32.4. The van der Waals surface area contributed by atoms with Crippen molar-refractivity contribution in [3.05, 3.63) is 23.4 Å². The van der Waals surface area contributed by atoms with Crippen LogP contribution < -0.4 is 4.74 Å². The van der Waals surface area contributed by atoms with Gasteiger partial charge in [-0.05, 0) is 76.3 Å². The van der Waals surface area contributed by atoms with Gasteiger partial charge < -0.3 is 29.1 Å². The Labute approximate surface area is 263 Å². The van der Waals surface area contributed by atoms with Crippen LogP contribution in [-0.4, -0.2) is 89.3 Å². The number of nitrogens with zero attached hydrogens (tertiary/aromatic N) is 3. The maximum Gasteiger partial charge on any atom is 0.410 e. The fourth-order valence-electron chi connectivity index (χ4n) is 5.88. The number of carbonyl (C=O) groups excluding carboxylic acids is 3. The molecule has 0 bridgehead atoms. The predicted molar refractivity (Wildman–Crippen MR) is 168 cm³/mol. The van der Waals surface area contributed by atoms with Crippen molar-refractivity contribution in [3.63, 3.8) is 0 Å². The van der Waals surface area contributed by atoms with E-state index in [-0.39, 0.29) is 49.8 Å². The Morgan fingerprint density at radius 2 is 1.82 bits per heavy atom. The van der Waals surface area contributed by atoms with Crippen molar-refractivity contribution in [2.75, 3.05) is 40.0 Å². The molecule has 10 heteroatoms. The van der Waals surface area contributed by atoms with Gasteiger partial charge in [-0.2, -0.15) is 0 Å². The smallest absolute Gasteiger partial charge is 0.410 e. The number of methoxy groups -OCH3 is 1. The first kappa shape index (κ1) is 35.8. The number of hydrogen-bond donors (Lipinski definition) is 1. The standard InChI is InChI=1S/C34H55N3O7/c1-8-28-15-24(17-31(35-28)43-13-9-12-42-7)19-37(29-10-11-29)32(40)27-18-26(30(39)16-25(22-38)14-23(2)3)20-36(21-27)33(41)44-34(4,5)6/h15,17,23,25-27,29,38H,8-14,16,18-22H2,1-7H3/t25?,26-,27+/m0/s1. The second kappa shape index (κ2) is 16.5. The number of pyridine rings is 1. The van der Waals surface area contributed by atoms with Crippen molar-refractivity contribution in [1.82, 2.24) is 14.8 Å². The summed E-state index contributed by atoms with van der Waals surface area (Å²) in [5.74, 6) is -0.320. The molecule has 2 fully saturated rings. The van der Waals surface area contributed by atoms with E-state index in [2.05, 4.69) is 18.8 Å². The van der Waals surface area contributed by atoms with Gasteiger partial charge in [-0.25, -0.2) is 9.78 Å². The van der Waals surface area contributed by atoms with E-state index in [1.807, 2.05) is 44.7 Å². The van der Waals surface area contributed by atoms with E-state index in [1.165, 1.54) is 4.90 Å². The van der Waals surface area contributed by atoms with Crippen LogP contribution in [0.1, 0.15) is 91.3 Å². The Morgan fingerprint density at radius 3 is 2.41 bits per heavy atom. The van der Waals surface area contributed by atoms with Crippen LogP contribution in [0.15, 0.2) is 12.1 Å². The van der Waals surface area contributed by atoms with Crippen LogP contribution >= 0.6 is 0 Å². The predicted octanol–water partition coefficient (Wildman–Crippen LogP) is 5.04. The lowest BCUT2D eigenvalue weighted by molar-refractivity contribution is -0.140. The lowest BCUT2D eigenvalue weighted by Crippen LogP contribution is -2.52. The van der Waals surface area contributed by atoms with Crippen molar-refractivity contribution >= 4 is 17.8 Å². The molecule has 1 aliphatic carbocycles. The summed E-state index contributed by atoms with van der Waals surface area (Å²) in [5.41, 5.74) is 1.14. The molecule has 248 valence electrons. The van der Waals surface area contributed by atoms with Crippen LogP contribution in [0, 0.1) is 23.7 Å². The summed E-state index contributed by atoms with van der Waals surface area (Å²) in [5, 5.41) is 9.92. The zero-order valence-electron chi connectivity index (χ0n) is 28.0. The normalized spacial score (nSPS) is 19.5. The van der Waals surface area contributed by atoms with Gasteiger partial charge in [0.15, 0.2) is 0 Å². The van der Waals surface area contributed by atoms with Gasteiger partial charge in [-0.15, -0.1) is 0 Å². The molecule has 1 N–H and O–H groups in total. The molecule has 2 heterocycles. The quantitative estimate of drug-likeness (QED) is 0.257. The summed E-state index contributed by atoms with van der Waals surface area (Å²) in [6.45, 7) is 13.5. The highest BCUT2D eigenvalue weighted by Gasteiger charge is 2.43. The van der Waals surface area contributed by atoms with Crippen molar-refractivity contribution in [1.29, 1.82) is 0 Å². The van der Waals surface area contributed by atoms with Crippen molar-refractivity contribution in [3.8, 4) is 5.88 Å². The Bertz CT molecular complexity index is 1100. The average Bonchev–Trinajstić information content (AvgIpc) is 3.81.